The third-order valence-corrected chi connectivity index (χ3v) is 5.80. The second-order valence-electron chi connectivity index (χ2n) is 4.56. The summed E-state index contributed by atoms with van der Waals surface area (Å²) in [7, 11) is 0. The lowest BCUT2D eigenvalue weighted by Crippen LogP contribution is -2.01. The van der Waals surface area contributed by atoms with Crippen LogP contribution >= 0.6 is 34.3 Å². The number of hydrogen-bond donors (Lipinski definition) is 0. The summed E-state index contributed by atoms with van der Waals surface area (Å²) < 4.78 is 3.10. The molecular formula is C13H11ClN2S2. The van der Waals surface area contributed by atoms with Crippen molar-refractivity contribution in [2.45, 2.75) is 25.7 Å². The Labute approximate surface area is 118 Å². The van der Waals surface area contributed by atoms with Crippen molar-refractivity contribution in [1.29, 1.82) is 0 Å². The van der Waals surface area contributed by atoms with E-state index in [1.807, 2.05) is 23.5 Å². The van der Waals surface area contributed by atoms with E-state index in [1.165, 1.54) is 36.3 Å². The number of aromatic nitrogens is 2. The molecule has 2 nitrogen and oxygen atoms in total. The molecule has 3 aromatic heterocycles. The number of halogens is 1. The largest absolute Gasteiger partial charge is 0.294 e. The molecule has 0 aromatic carbocycles. The Kier molecular flexibility index (Phi) is 2.50. The van der Waals surface area contributed by atoms with Crippen LogP contribution in [0, 0.1) is 0 Å². The van der Waals surface area contributed by atoms with E-state index >= 15 is 0 Å². The predicted molar refractivity (Wildman–Crippen MR) is 78.0 cm³/mol. The van der Waals surface area contributed by atoms with Gasteiger partial charge in [0.05, 0.1) is 9.21 Å². The van der Waals surface area contributed by atoms with Crippen molar-refractivity contribution in [2.75, 3.05) is 0 Å². The van der Waals surface area contributed by atoms with Crippen molar-refractivity contribution in [3.63, 3.8) is 0 Å². The van der Waals surface area contributed by atoms with Gasteiger partial charge in [0, 0.05) is 16.8 Å². The molecule has 0 fully saturated rings. The number of thiophene rings is 1. The molecule has 1 aliphatic rings. The second kappa shape index (κ2) is 4.08. The normalized spacial score (nSPS) is 15.2. The highest BCUT2D eigenvalue weighted by Gasteiger charge is 2.18. The van der Waals surface area contributed by atoms with E-state index in [0.29, 0.717) is 0 Å². The number of thiazole rings is 1. The molecule has 1 aliphatic carbocycles. The monoisotopic (exact) mass is 294 g/mol. The summed E-state index contributed by atoms with van der Waals surface area (Å²) in [5, 5.41) is 0. The zero-order chi connectivity index (χ0) is 12.1. The van der Waals surface area contributed by atoms with Crippen LogP contribution in [0.15, 0.2) is 18.3 Å². The van der Waals surface area contributed by atoms with Gasteiger partial charge in [-0.05, 0) is 37.8 Å². The summed E-state index contributed by atoms with van der Waals surface area (Å²) in [6.07, 6.45) is 7.21. The van der Waals surface area contributed by atoms with Gasteiger partial charge in [-0.25, -0.2) is 4.98 Å². The third-order valence-electron chi connectivity index (χ3n) is 3.39. The van der Waals surface area contributed by atoms with Crippen molar-refractivity contribution >= 4 is 39.2 Å². The zero-order valence-electron chi connectivity index (χ0n) is 9.65. The van der Waals surface area contributed by atoms with Gasteiger partial charge in [-0.1, -0.05) is 11.6 Å². The molecule has 0 unspecified atom stereocenters. The molecule has 0 amide bonds. The van der Waals surface area contributed by atoms with Crippen LogP contribution in [-0.4, -0.2) is 9.38 Å². The van der Waals surface area contributed by atoms with Gasteiger partial charge in [0.1, 0.15) is 5.69 Å². The lowest BCUT2D eigenvalue weighted by atomic mass is 10.0. The molecule has 0 aliphatic heterocycles. The van der Waals surface area contributed by atoms with E-state index in [1.54, 1.807) is 11.3 Å². The molecule has 0 saturated carbocycles. The van der Waals surface area contributed by atoms with Gasteiger partial charge < -0.3 is 0 Å². The molecule has 4 rings (SSSR count). The van der Waals surface area contributed by atoms with E-state index < -0.39 is 0 Å². The molecule has 0 radical (unpaired) electrons. The van der Waals surface area contributed by atoms with Crippen LogP contribution < -0.4 is 0 Å². The Hall–Kier alpha value is -0.840. The summed E-state index contributed by atoms with van der Waals surface area (Å²) >= 11 is 9.42. The molecule has 3 heterocycles. The average molecular weight is 295 g/mol. The highest BCUT2D eigenvalue weighted by Crippen LogP contribution is 2.35. The van der Waals surface area contributed by atoms with E-state index in [9.17, 15) is 0 Å². The first-order chi connectivity index (χ1) is 8.81. The lowest BCUT2D eigenvalue weighted by Gasteiger charge is -2.09. The predicted octanol–water partition coefficient (Wildman–Crippen LogP) is 4.66. The van der Waals surface area contributed by atoms with E-state index in [4.69, 9.17) is 16.6 Å². The number of hydrogen-bond acceptors (Lipinski definition) is 3. The molecule has 0 saturated heterocycles. The van der Waals surface area contributed by atoms with Crippen LogP contribution in [0.3, 0.4) is 0 Å². The Balaban J connectivity index is 1.87. The number of rotatable bonds is 1. The van der Waals surface area contributed by atoms with E-state index in [-0.39, 0.29) is 0 Å². The van der Waals surface area contributed by atoms with Crippen molar-refractivity contribution in [3.8, 4) is 10.6 Å². The maximum Gasteiger partial charge on any atom is 0.194 e. The van der Waals surface area contributed by atoms with Crippen LogP contribution in [0.5, 0.6) is 0 Å². The van der Waals surface area contributed by atoms with E-state index in [0.717, 1.165) is 19.9 Å². The Morgan fingerprint density at radius 3 is 2.89 bits per heavy atom. The van der Waals surface area contributed by atoms with Crippen LogP contribution in [0.4, 0.5) is 0 Å². The fourth-order valence-corrected chi connectivity index (χ4v) is 4.72. The Morgan fingerprint density at radius 2 is 2.06 bits per heavy atom. The maximum absolute atomic E-state index is 5.98. The zero-order valence-corrected chi connectivity index (χ0v) is 12.0. The summed E-state index contributed by atoms with van der Waals surface area (Å²) in [5.74, 6) is 0. The van der Waals surface area contributed by atoms with Crippen molar-refractivity contribution in [1.82, 2.24) is 9.38 Å². The molecule has 0 atom stereocenters. The van der Waals surface area contributed by atoms with Crippen molar-refractivity contribution < 1.29 is 0 Å². The van der Waals surface area contributed by atoms with Gasteiger partial charge in [-0.2, -0.15) is 0 Å². The van der Waals surface area contributed by atoms with Gasteiger partial charge in [-0.15, -0.1) is 22.7 Å². The first-order valence-electron chi connectivity index (χ1n) is 6.06. The second-order valence-corrected chi connectivity index (χ2v) is 7.34. The minimum atomic E-state index is 0.823. The van der Waals surface area contributed by atoms with Gasteiger partial charge in [0.25, 0.3) is 0 Å². The standard InChI is InChI=1S/C13H11ClN2S2/c14-12-6-5-10(17-12)8-7-16-9-3-1-2-4-11(9)18-13(16)15-8/h5-7H,1-4H2. The minimum absolute atomic E-state index is 0.823. The van der Waals surface area contributed by atoms with Gasteiger partial charge in [0.15, 0.2) is 4.96 Å². The van der Waals surface area contributed by atoms with E-state index in [2.05, 4.69) is 10.6 Å². The van der Waals surface area contributed by atoms with Crippen LogP contribution in [0.2, 0.25) is 4.34 Å². The maximum atomic E-state index is 5.98. The number of aryl methyl sites for hydroxylation is 2. The molecular weight excluding hydrogens is 284 g/mol. The van der Waals surface area contributed by atoms with Gasteiger partial charge >= 0.3 is 0 Å². The fraction of sp³-hybridized carbons (Fsp3) is 0.308. The molecule has 0 spiro atoms. The highest BCUT2D eigenvalue weighted by molar-refractivity contribution is 7.19. The van der Waals surface area contributed by atoms with Crippen LogP contribution in [0.25, 0.3) is 15.5 Å². The topological polar surface area (TPSA) is 17.3 Å². The molecule has 18 heavy (non-hydrogen) atoms. The first-order valence-corrected chi connectivity index (χ1v) is 8.08. The highest BCUT2D eigenvalue weighted by atomic mass is 35.5. The number of fused-ring (bicyclic) bond motifs is 3. The molecule has 0 N–H and O–H groups in total. The van der Waals surface area contributed by atoms with Crippen molar-refractivity contribution in [3.05, 3.63) is 33.2 Å². The van der Waals surface area contributed by atoms with Crippen molar-refractivity contribution in [2.24, 2.45) is 0 Å². The lowest BCUT2D eigenvalue weighted by molar-refractivity contribution is 0.674. The van der Waals surface area contributed by atoms with Crippen LogP contribution in [-0.2, 0) is 12.8 Å². The molecule has 0 bridgehead atoms. The fourth-order valence-electron chi connectivity index (χ4n) is 2.54. The van der Waals surface area contributed by atoms with Gasteiger partial charge in [0.2, 0.25) is 0 Å². The Morgan fingerprint density at radius 1 is 1.17 bits per heavy atom. The number of nitrogens with zero attached hydrogens (tertiary/aromatic N) is 2. The number of imidazole rings is 1. The SMILES string of the molecule is Clc1ccc(-c2cn3c4c(sc3n2)CCCC4)s1. The summed E-state index contributed by atoms with van der Waals surface area (Å²) in [6, 6.07) is 3.98. The van der Waals surface area contributed by atoms with Crippen LogP contribution in [0.1, 0.15) is 23.4 Å². The Bertz CT molecular complexity index is 723. The summed E-state index contributed by atoms with van der Waals surface area (Å²) in [6.45, 7) is 0. The average Bonchev–Trinajstić information content (AvgIpc) is 3.01. The van der Waals surface area contributed by atoms with Gasteiger partial charge in [-0.3, -0.25) is 4.40 Å². The smallest absolute Gasteiger partial charge is 0.194 e. The molecule has 3 aromatic rings. The molecule has 92 valence electrons. The third kappa shape index (κ3) is 1.63. The quantitative estimate of drug-likeness (QED) is 0.638. The minimum Gasteiger partial charge on any atom is -0.294 e. The summed E-state index contributed by atoms with van der Waals surface area (Å²) in [5.41, 5.74) is 2.52. The first kappa shape index (κ1) is 11.0. The summed E-state index contributed by atoms with van der Waals surface area (Å²) in [4.78, 5) is 8.54. The molecule has 5 heteroatoms.